The minimum Gasteiger partial charge on any atom is -0.366 e. The van der Waals surface area contributed by atoms with Gasteiger partial charge < -0.3 is 5.73 Å². The van der Waals surface area contributed by atoms with Crippen LogP contribution in [0.3, 0.4) is 0 Å². The molecule has 2 aromatic rings. The number of benzene rings is 1. The van der Waals surface area contributed by atoms with Gasteiger partial charge in [0.2, 0.25) is 5.91 Å². The molecule has 0 aliphatic carbocycles. The monoisotopic (exact) mass is 224 g/mol. The van der Waals surface area contributed by atoms with Crippen LogP contribution in [0.5, 0.6) is 0 Å². The van der Waals surface area contributed by atoms with Crippen molar-refractivity contribution in [2.75, 3.05) is 0 Å². The molecule has 0 aliphatic heterocycles. The largest absolute Gasteiger partial charge is 0.366 e. The van der Waals surface area contributed by atoms with Crippen molar-refractivity contribution in [1.29, 1.82) is 0 Å². The van der Waals surface area contributed by atoms with Crippen LogP contribution in [0.1, 0.15) is 11.1 Å². The zero-order chi connectivity index (χ0) is 12.1. The third-order valence-electron chi connectivity index (χ3n) is 2.35. The highest BCUT2D eigenvalue weighted by Crippen LogP contribution is 2.17. The number of pyridine rings is 1. The number of carbonyl (C=O) groups is 1. The van der Waals surface area contributed by atoms with Crippen molar-refractivity contribution in [3.8, 4) is 0 Å². The van der Waals surface area contributed by atoms with Gasteiger partial charge in [0.05, 0.1) is 0 Å². The van der Waals surface area contributed by atoms with E-state index in [9.17, 15) is 4.79 Å². The second kappa shape index (κ2) is 5.07. The van der Waals surface area contributed by atoms with Crippen LogP contribution >= 0.6 is 0 Å². The summed E-state index contributed by atoms with van der Waals surface area (Å²) in [5.74, 6) is -0.444. The lowest BCUT2D eigenvalue weighted by molar-refractivity contribution is -0.112. The summed E-state index contributed by atoms with van der Waals surface area (Å²) in [5, 5.41) is 0. The first kappa shape index (κ1) is 11.1. The van der Waals surface area contributed by atoms with Gasteiger partial charge in [-0.15, -0.1) is 0 Å². The topological polar surface area (TPSA) is 56.0 Å². The van der Waals surface area contributed by atoms with Crippen molar-refractivity contribution in [2.45, 2.75) is 0 Å². The first-order valence-corrected chi connectivity index (χ1v) is 5.24. The maximum atomic E-state index is 11.4. The standard InChI is InChI=1S/C14H12N2O/c15-14(17)13(12-6-2-1-3-7-12)9-11-5-4-8-16-10-11/h1-10H,(H2,15,17). The first-order valence-electron chi connectivity index (χ1n) is 5.24. The van der Waals surface area contributed by atoms with E-state index in [0.717, 1.165) is 11.1 Å². The maximum Gasteiger partial charge on any atom is 0.249 e. The summed E-state index contributed by atoms with van der Waals surface area (Å²) in [7, 11) is 0. The number of primary amides is 1. The summed E-state index contributed by atoms with van der Waals surface area (Å²) < 4.78 is 0. The fourth-order valence-corrected chi connectivity index (χ4v) is 1.54. The third kappa shape index (κ3) is 2.78. The molecule has 2 rings (SSSR count). The minimum absolute atomic E-state index is 0.444. The highest BCUT2D eigenvalue weighted by molar-refractivity contribution is 6.23. The van der Waals surface area contributed by atoms with Gasteiger partial charge in [0.15, 0.2) is 0 Å². The van der Waals surface area contributed by atoms with E-state index < -0.39 is 5.91 Å². The quantitative estimate of drug-likeness (QED) is 0.812. The van der Waals surface area contributed by atoms with E-state index in [-0.39, 0.29) is 0 Å². The zero-order valence-corrected chi connectivity index (χ0v) is 9.21. The summed E-state index contributed by atoms with van der Waals surface area (Å²) in [5.41, 5.74) is 7.53. The van der Waals surface area contributed by atoms with Gasteiger partial charge in [-0.05, 0) is 23.3 Å². The maximum absolute atomic E-state index is 11.4. The van der Waals surface area contributed by atoms with Crippen LogP contribution in [-0.2, 0) is 4.79 Å². The molecule has 0 saturated carbocycles. The predicted molar refractivity (Wildman–Crippen MR) is 67.7 cm³/mol. The average molecular weight is 224 g/mol. The number of nitrogens with zero attached hydrogens (tertiary/aromatic N) is 1. The lowest BCUT2D eigenvalue weighted by atomic mass is 10.0. The number of hydrogen-bond acceptors (Lipinski definition) is 2. The van der Waals surface area contributed by atoms with Gasteiger partial charge in [0.1, 0.15) is 0 Å². The molecule has 3 heteroatoms. The normalized spacial score (nSPS) is 11.2. The van der Waals surface area contributed by atoms with Crippen LogP contribution in [-0.4, -0.2) is 10.9 Å². The number of carbonyl (C=O) groups excluding carboxylic acids is 1. The zero-order valence-electron chi connectivity index (χ0n) is 9.21. The molecule has 17 heavy (non-hydrogen) atoms. The van der Waals surface area contributed by atoms with Crippen molar-refractivity contribution in [2.24, 2.45) is 5.73 Å². The molecule has 0 bridgehead atoms. The predicted octanol–water partition coefficient (Wildman–Crippen LogP) is 2.11. The average Bonchev–Trinajstić information content (AvgIpc) is 2.38. The molecule has 1 amide bonds. The lowest BCUT2D eigenvalue weighted by Gasteiger charge is -2.03. The first-order chi connectivity index (χ1) is 8.27. The van der Waals surface area contributed by atoms with Gasteiger partial charge in [-0.3, -0.25) is 9.78 Å². The molecule has 0 spiro atoms. The Hall–Kier alpha value is -2.42. The Bertz CT molecular complexity index is 533. The van der Waals surface area contributed by atoms with Gasteiger partial charge in [-0.2, -0.15) is 0 Å². The summed E-state index contributed by atoms with van der Waals surface area (Å²) in [6.07, 6.45) is 5.11. The summed E-state index contributed by atoms with van der Waals surface area (Å²) in [4.78, 5) is 15.4. The highest BCUT2D eigenvalue weighted by atomic mass is 16.1. The summed E-state index contributed by atoms with van der Waals surface area (Å²) >= 11 is 0. The molecular formula is C14H12N2O. The van der Waals surface area contributed by atoms with Crippen molar-refractivity contribution in [3.63, 3.8) is 0 Å². The molecule has 84 valence electrons. The molecule has 3 nitrogen and oxygen atoms in total. The number of hydrogen-bond donors (Lipinski definition) is 1. The fourth-order valence-electron chi connectivity index (χ4n) is 1.54. The van der Waals surface area contributed by atoms with Crippen LogP contribution in [0.15, 0.2) is 54.9 Å². The summed E-state index contributed by atoms with van der Waals surface area (Å²) in [6.45, 7) is 0. The summed E-state index contributed by atoms with van der Waals surface area (Å²) in [6, 6.07) is 13.0. The van der Waals surface area contributed by atoms with E-state index in [2.05, 4.69) is 4.98 Å². The van der Waals surface area contributed by atoms with Gasteiger partial charge in [0.25, 0.3) is 0 Å². The lowest BCUT2D eigenvalue weighted by Crippen LogP contribution is -2.12. The van der Waals surface area contributed by atoms with Gasteiger partial charge in [-0.1, -0.05) is 36.4 Å². The molecule has 0 atom stereocenters. The Balaban J connectivity index is 2.44. The Morgan fingerprint density at radius 3 is 2.47 bits per heavy atom. The van der Waals surface area contributed by atoms with Gasteiger partial charge in [-0.25, -0.2) is 0 Å². The molecule has 1 heterocycles. The Morgan fingerprint density at radius 1 is 1.12 bits per heavy atom. The van der Waals surface area contributed by atoms with Crippen LogP contribution < -0.4 is 5.73 Å². The third-order valence-corrected chi connectivity index (χ3v) is 2.35. The van der Waals surface area contributed by atoms with E-state index in [1.807, 2.05) is 42.5 Å². The van der Waals surface area contributed by atoms with Crippen molar-refractivity contribution >= 4 is 17.6 Å². The Labute approximate surface area is 99.6 Å². The SMILES string of the molecule is NC(=O)C(=Cc1cccnc1)c1ccccc1. The molecule has 1 aromatic carbocycles. The molecule has 0 radical (unpaired) electrons. The number of nitrogens with two attached hydrogens (primary N) is 1. The molecule has 2 N–H and O–H groups in total. The van der Waals surface area contributed by atoms with E-state index in [1.165, 1.54) is 0 Å². The van der Waals surface area contributed by atoms with Crippen molar-refractivity contribution in [1.82, 2.24) is 4.98 Å². The van der Waals surface area contributed by atoms with Crippen LogP contribution in [0.25, 0.3) is 11.6 Å². The fraction of sp³-hybridized carbons (Fsp3) is 0. The van der Waals surface area contributed by atoms with Crippen molar-refractivity contribution < 1.29 is 4.79 Å². The number of aromatic nitrogens is 1. The van der Waals surface area contributed by atoms with Crippen molar-refractivity contribution in [3.05, 3.63) is 66.0 Å². The minimum atomic E-state index is -0.444. The van der Waals surface area contributed by atoms with E-state index in [1.54, 1.807) is 18.5 Å². The van der Waals surface area contributed by atoms with Gasteiger partial charge >= 0.3 is 0 Å². The Kier molecular flexibility index (Phi) is 3.31. The van der Waals surface area contributed by atoms with Crippen LogP contribution in [0.4, 0.5) is 0 Å². The Morgan fingerprint density at radius 2 is 1.88 bits per heavy atom. The molecule has 0 aliphatic rings. The second-order valence-corrected chi connectivity index (χ2v) is 3.57. The number of amides is 1. The van der Waals surface area contributed by atoms with Crippen LogP contribution in [0, 0.1) is 0 Å². The molecule has 1 aromatic heterocycles. The van der Waals surface area contributed by atoms with E-state index in [0.29, 0.717) is 5.57 Å². The van der Waals surface area contributed by atoms with Gasteiger partial charge in [0, 0.05) is 18.0 Å². The second-order valence-electron chi connectivity index (χ2n) is 3.57. The number of rotatable bonds is 3. The highest BCUT2D eigenvalue weighted by Gasteiger charge is 2.07. The van der Waals surface area contributed by atoms with Crippen LogP contribution in [0.2, 0.25) is 0 Å². The smallest absolute Gasteiger partial charge is 0.249 e. The molecular weight excluding hydrogens is 212 g/mol. The van der Waals surface area contributed by atoms with E-state index in [4.69, 9.17) is 5.73 Å². The van der Waals surface area contributed by atoms with E-state index >= 15 is 0 Å². The molecule has 0 fully saturated rings. The molecule has 0 saturated heterocycles. The molecule has 0 unspecified atom stereocenters.